The lowest BCUT2D eigenvalue weighted by molar-refractivity contribution is 0.743. The minimum Gasteiger partial charge on any atom is -0.363 e. The van der Waals surface area contributed by atoms with E-state index in [2.05, 4.69) is 15.3 Å². The Morgan fingerprint density at radius 2 is 2.08 bits per heavy atom. The first-order valence-electron chi connectivity index (χ1n) is 4.42. The van der Waals surface area contributed by atoms with Crippen LogP contribution in [0.3, 0.4) is 0 Å². The van der Waals surface area contributed by atoms with Gasteiger partial charge in [0.05, 0.1) is 5.69 Å². The normalized spacial score (nSPS) is 10.5. The van der Waals surface area contributed by atoms with Crippen LogP contribution in [0.15, 0.2) is 0 Å². The van der Waals surface area contributed by atoms with E-state index in [4.69, 9.17) is 0 Å². The van der Waals surface area contributed by atoms with Crippen LogP contribution in [-0.4, -0.2) is 30.9 Å². The van der Waals surface area contributed by atoms with Gasteiger partial charge in [-0.15, -0.1) is 0 Å². The molecule has 1 aromatic rings. The van der Waals surface area contributed by atoms with Crippen LogP contribution in [0.5, 0.6) is 0 Å². The summed E-state index contributed by atoms with van der Waals surface area (Å²) in [5, 5.41) is 7.54. The van der Waals surface area contributed by atoms with E-state index < -0.39 is 0 Å². The largest absolute Gasteiger partial charge is 0.363 e. The fourth-order valence-electron chi connectivity index (χ4n) is 1.63. The minimum atomic E-state index is 0.868. The van der Waals surface area contributed by atoms with Gasteiger partial charge in [0.2, 0.25) is 0 Å². The monoisotopic (exact) mass is 182 g/mol. The average molecular weight is 182 g/mol. The summed E-state index contributed by atoms with van der Waals surface area (Å²) in [6.07, 6.45) is 0. The topological polar surface area (TPSA) is 33.1 Å². The minimum absolute atomic E-state index is 0.868. The molecule has 4 heteroatoms. The van der Waals surface area contributed by atoms with Crippen molar-refractivity contribution in [3.05, 3.63) is 11.3 Å². The van der Waals surface area contributed by atoms with E-state index in [-0.39, 0.29) is 0 Å². The standard InChI is InChI=1S/C9H18N4/c1-7-8(6-10-2)9(12(3)4)13(5)11-7/h10H,6H2,1-5H3. The fourth-order valence-corrected chi connectivity index (χ4v) is 1.63. The molecule has 1 aromatic heterocycles. The summed E-state index contributed by atoms with van der Waals surface area (Å²) in [6.45, 7) is 2.91. The number of hydrogen-bond acceptors (Lipinski definition) is 3. The number of aromatic nitrogens is 2. The van der Waals surface area contributed by atoms with Crippen molar-refractivity contribution in [2.24, 2.45) is 7.05 Å². The zero-order valence-corrected chi connectivity index (χ0v) is 9.05. The molecule has 0 amide bonds. The van der Waals surface area contributed by atoms with Gasteiger partial charge in [-0.25, -0.2) is 0 Å². The number of nitrogens with zero attached hydrogens (tertiary/aromatic N) is 3. The molecule has 0 saturated heterocycles. The summed E-state index contributed by atoms with van der Waals surface area (Å²) in [6, 6.07) is 0. The quantitative estimate of drug-likeness (QED) is 0.739. The second kappa shape index (κ2) is 3.79. The van der Waals surface area contributed by atoms with Gasteiger partial charge in [0.25, 0.3) is 0 Å². The highest BCUT2D eigenvalue weighted by Gasteiger charge is 2.13. The van der Waals surface area contributed by atoms with Crippen molar-refractivity contribution in [2.45, 2.75) is 13.5 Å². The molecule has 0 aliphatic carbocycles. The van der Waals surface area contributed by atoms with Crippen molar-refractivity contribution >= 4 is 5.82 Å². The Morgan fingerprint density at radius 3 is 2.54 bits per heavy atom. The van der Waals surface area contributed by atoms with Crippen LogP contribution in [0.25, 0.3) is 0 Å². The number of aryl methyl sites for hydroxylation is 2. The van der Waals surface area contributed by atoms with Crippen molar-refractivity contribution in [3.63, 3.8) is 0 Å². The van der Waals surface area contributed by atoms with Crippen molar-refractivity contribution in [3.8, 4) is 0 Å². The first-order valence-corrected chi connectivity index (χ1v) is 4.42. The van der Waals surface area contributed by atoms with Crippen LogP contribution in [0.1, 0.15) is 11.3 Å². The zero-order chi connectivity index (χ0) is 10.0. The average Bonchev–Trinajstić information content (AvgIpc) is 2.27. The molecule has 0 fully saturated rings. The molecular weight excluding hydrogens is 164 g/mol. The summed E-state index contributed by atoms with van der Waals surface area (Å²) >= 11 is 0. The predicted octanol–water partition coefficient (Wildman–Crippen LogP) is 0.514. The van der Waals surface area contributed by atoms with E-state index in [9.17, 15) is 0 Å². The smallest absolute Gasteiger partial charge is 0.130 e. The molecule has 0 bridgehead atoms. The molecular formula is C9H18N4. The molecule has 4 nitrogen and oxygen atoms in total. The summed E-state index contributed by atoms with van der Waals surface area (Å²) in [4.78, 5) is 2.09. The van der Waals surface area contributed by atoms with E-state index in [1.807, 2.05) is 39.8 Å². The second-order valence-electron chi connectivity index (χ2n) is 3.44. The third-order valence-electron chi connectivity index (χ3n) is 2.09. The maximum Gasteiger partial charge on any atom is 0.130 e. The lowest BCUT2D eigenvalue weighted by Gasteiger charge is -2.14. The first kappa shape index (κ1) is 10.1. The van der Waals surface area contributed by atoms with Crippen LogP contribution in [0.4, 0.5) is 5.82 Å². The SMILES string of the molecule is CNCc1c(C)nn(C)c1N(C)C. The van der Waals surface area contributed by atoms with Crippen molar-refractivity contribution < 1.29 is 0 Å². The van der Waals surface area contributed by atoms with Gasteiger partial charge in [-0.2, -0.15) is 5.10 Å². The molecule has 1 heterocycles. The number of anilines is 1. The molecule has 0 aliphatic rings. The van der Waals surface area contributed by atoms with Gasteiger partial charge < -0.3 is 10.2 Å². The van der Waals surface area contributed by atoms with Gasteiger partial charge >= 0.3 is 0 Å². The summed E-state index contributed by atoms with van der Waals surface area (Å²) in [7, 11) is 8.00. The third-order valence-corrected chi connectivity index (χ3v) is 2.09. The van der Waals surface area contributed by atoms with Gasteiger partial charge in [0, 0.05) is 33.3 Å². The van der Waals surface area contributed by atoms with E-state index in [0.717, 1.165) is 12.2 Å². The number of hydrogen-bond donors (Lipinski definition) is 1. The zero-order valence-electron chi connectivity index (χ0n) is 9.05. The molecule has 74 valence electrons. The third kappa shape index (κ3) is 1.83. The van der Waals surface area contributed by atoms with Crippen LogP contribution in [-0.2, 0) is 13.6 Å². The molecule has 0 aliphatic heterocycles. The highest BCUT2D eigenvalue weighted by molar-refractivity contribution is 5.48. The van der Waals surface area contributed by atoms with Crippen molar-refractivity contribution in [2.75, 3.05) is 26.0 Å². The molecule has 1 N–H and O–H groups in total. The summed E-state index contributed by atoms with van der Waals surface area (Å²) in [5.74, 6) is 1.17. The molecule has 0 saturated carbocycles. The summed E-state index contributed by atoms with van der Waals surface area (Å²) < 4.78 is 1.92. The molecule has 0 atom stereocenters. The van der Waals surface area contributed by atoms with E-state index >= 15 is 0 Å². The lowest BCUT2D eigenvalue weighted by atomic mass is 10.2. The molecule has 0 aromatic carbocycles. The predicted molar refractivity (Wildman–Crippen MR) is 55.0 cm³/mol. The van der Waals surface area contributed by atoms with Crippen molar-refractivity contribution in [1.82, 2.24) is 15.1 Å². The Labute approximate surface area is 79.5 Å². The van der Waals surface area contributed by atoms with Gasteiger partial charge in [0.15, 0.2) is 0 Å². The molecule has 13 heavy (non-hydrogen) atoms. The van der Waals surface area contributed by atoms with Gasteiger partial charge in [0.1, 0.15) is 5.82 Å². The highest BCUT2D eigenvalue weighted by Crippen LogP contribution is 2.20. The number of nitrogens with one attached hydrogen (secondary N) is 1. The van der Waals surface area contributed by atoms with Crippen LogP contribution in [0, 0.1) is 6.92 Å². The maximum atomic E-state index is 4.39. The van der Waals surface area contributed by atoms with E-state index in [1.165, 1.54) is 11.4 Å². The second-order valence-corrected chi connectivity index (χ2v) is 3.44. The summed E-state index contributed by atoms with van der Waals surface area (Å²) in [5.41, 5.74) is 2.37. The lowest BCUT2D eigenvalue weighted by Crippen LogP contribution is -2.17. The van der Waals surface area contributed by atoms with Gasteiger partial charge in [-0.05, 0) is 14.0 Å². The van der Waals surface area contributed by atoms with Crippen molar-refractivity contribution in [1.29, 1.82) is 0 Å². The Morgan fingerprint density at radius 1 is 1.46 bits per heavy atom. The van der Waals surface area contributed by atoms with Crippen LogP contribution in [0.2, 0.25) is 0 Å². The van der Waals surface area contributed by atoms with E-state index in [1.54, 1.807) is 0 Å². The molecule has 0 spiro atoms. The number of rotatable bonds is 3. The maximum absolute atomic E-state index is 4.39. The molecule has 1 rings (SSSR count). The van der Waals surface area contributed by atoms with E-state index in [0.29, 0.717) is 0 Å². The van der Waals surface area contributed by atoms with Crippen LogP contribution < -0.4 is 10.2 Å². The Hall–Kier alpha value is -1.03. The molecule has 0 unspecified atom stereocenters. The highest BCUT2D eigenvalue weighted by atomic mass is 15.4. The molecule has 0 radical (unpaired) electrons. The fraction of sp³-hybridized carbons (Fsp3) is 0.667. The van der Waals surface area contributed by atoms with Crippen LogP contribution >= 0.6 is 0 Å². The van der Waals surface area contributed by atoms with Gasteiger partial charge in [-0.3, -0.25) is 4.68 Å². The van der Waals surface area contributed by atoms with Gasteiger partial charge in [-0.1, -0.05) is 0 Å². The Kier molecular flexibility index (Phi) is 2.93. The Balaban J connectivity index is 3.13. The Bertz CT molecular complexity index is 288. The first-order chi connectivity index (χ1) is 6.07.